The third kappa shape index (κ3) is 3.53. The van der Waals surface area contributed by atoms with Crippen molar-refractivity contribution in [3.63, 3.8) is 0 Å². The van der Waals surface area contributed by atoms with Gasteiger partial charge in [0, 0.05) is 18.7 Å². The van der Waals surface area contributed by atoms with Crippen LogP contribution in [-0.4, -0.2) is 32.4 Å². The molecule has 0 bridgehead atoms. The topological polar surface area (TPSA) is 63.4 Å². The van der Waals surface area contributed by atoms with Gasteiger partial charge in [0.15, 0.2) is 0 Å². The lowest BCUT2D eigenvalue weighted by molar-refractivity contribution is 0.440. The summed E-state index contributed by atoms with van der Waals surface area (Å²) in [5.74, 6) is 4.45. The molecule has 1 aromatic carbocycles. The molecule has 4 nitrogen and oxygen atoms in total. The first-order valence-corrected chi connectivity index (χ1v) is 7.40. The summed E-state index contributed by atoms with van der Waals surface area (Å²) >= 11 is 0. The van der Waals surface area contributed by atoms with Crippen LogP contribution in [0.4, 0.5) is 4.39 Å². The summed E-state index contributed by atoms with van der Waals surface area (Å²) in [7, 11) is -3.78. The van der Waals surface area contributed by atoms with Crippen molar-refractivity contribution in [1.82, 2.24) is 4.31 Å². The highest BCUT2D eigenvalue weighted by Crippen LogP contribution is 2.20. The second-order valence-corrected chi connectivity index (χ2v) is 5.65. The number of benzene rings is 1. The third-order valence-corrected chi connectivity index (χ3v) is 4.67. The fourth-order valence-corrected chi connectivity index (χ4v) is 3.15. The summed E-state index contributed by atoms with van der Waals surface area (Å²) in [6, 6.07) is 3.82. The van der Waals surface area contributed by atoms with E-state index in [-0.39, 0.29) is 11.4 Å². The van der Waals surface area contributed by atoms with E-state index in [1.54, 1.807) is 13.8 Å². The summed E-state index contributed by atoms with van der Waals surface area (Å²) < 4.78 is 39.4. The van der Waals surface area contributed by atoms with Gasteiger partial charge in [-0.1, -0.05) is 25.7 Å². The normalized spacial score (nSPS) is 11.2. The molecular weight excluding hydrogens is 267 g/mol. The number of rotatable bonds is 4. The molecule has 0 amide bonds. The van der Waals surface area contributed by atoms with Crippen LogP contribution in [0.15, 0.2) is 23.1 Å². The molecule has 0 aliphatic rings. The third-order valence-electron chi connectivity index (χ3n) is 2.59. The Balaban J connectivity index is 3.23. The Labute approximate surface area is 113 Å². The minimum atomic E-state index is -3.78. The van der Waals surface area contributed by atoms with Crippen molar-refractivity contribution in [2.24, 2.45) is 5.73 Å². The zero-order valence-corrected chi connectivity index (χ0v) is 11.8. The molecule has 0 radical (unpaired) electrons. The summed E-state index contributed by atoms with van der Waals surface area (Å²) in [5, 5.41) is 0. The molecule has 2 N–H and O–H groups in total. The Kier molecular flexibility index (Phi) is 5.48. The zero-order valence-electron chi connectivity index (χ0n) is 11.0. The van der Waals surface area contributed by atoms with Crippen molar-refractivity contribution in [2.75, 3.05) is 19.6 Å². The molecule has 0 saturated carbocycles. The van der Waals surface area contributed by atoms with Gasteiger partial charge >= 0.3 is 0 Å². The number of hydrogen-bond acceptors (Lipinski definition) is 3. The van der Waals surface area contributed by atoms with Gasteiger partial charge < -0.3 is 5.73 Å². The average Bonchev–Trinajstić information content (AvgIpc) is 2.37. The highest BCUT2D eigenvalue weighted by molar-refractivity contribution is 7.89. The lowest BCUT2D eigenvalue weighted by Gasteiger charge is -2.18. The van der Waals surface area contributed by atoms with Gasteiger partial charge in [-0.15, -0.1) is 0 Å². The van der Waals surface area contributed by atoms with Gasteiger partial charge in [-0.05, 0) is 18.2 Å². The largest absolute Gasteiger partial charge is 0.320 e. The van der Waals surface area contributed by atoms with Crippen molar-refractivity contribution in [3.8, 4) is 11.8 Å². The van der Waals surface area contributed by atoms with E-state index in [0.717, 1.165) is 6.07 Å². The van der Waals surface area contributed by atoms with Gasteiger partial charge in [-0.2, -0.15) is 4.31 Å². The standard InChI is InChI=1S/C13H17FN2O2S/c1-3-16(4-2)19(17,18)13-8-7-11(6-5-9-15)10-12(13)14/h7-8,10H,3-4,9,15H2,1-2H3. The van der Waals surface area contributed by atoms with E-state index >= 15 is 0 Å². The average molecular weight is 284 g/mol. The quantitative estimate of drug-likeness (QED) is 0.844. The van der Waals surface area contributed by atoms with E-state index in [1.165, 1.54) is 16.4 Å². The predicted molar refractivity (Wildman–Crippen MR) is 72.4 cm³/mol. The van der Waals surface area contributed by atoms with Crippen LogP contribution in [0.5, 0.6) is 0 Å². The molecule has 1 rings (SSSR count). The fraction of sp³-hybridized carbons (Fsp3) is 0.385. The van der Waals surface area contributed by atoms with Crippen LogP contribution in [0.2, 0.25) is 0 Å². The van der Waals surface area contributed by atoms with Gasteiger partial charge in [0.2, 0.25) is 10.0 Å². The Hall–Kier alpha value is -1.42. The first kappa shape index (κ1) is 15.6. The molecule has 19 heavy (non-hydrogen) atoms. The van der Waals surface area contributed by atoms with E-state index in [9.17, 15) is 12.8 Å². The molecule has 104 valence electrons. The minimum Gasteiger partial charge on any atom is -0.320 e. The van der Waals surface area contributed by atoms with E-state index in [1.807, 2.05) is 0 Å². The number of hydrogen-bond donors (Lipinski definition) is 1. The first-order valence-electron chi connectivity index (χ1n) is 5.96. The molecule has 6 heteroatoms. The molecule has 0 atom stereocenters. The first-order chi connectivity index (χ1) is 8.97. The lowest BCUT2D eigenvalue weighted by Crippen LogP contribution is -2.31. The molecular formula is C13H17FN2O2S. The summed E-state index contributed by atoms with van der Waals surface area (Å²) in [5.41, 5.74) is 5.62. The van der Waals surface area contributed by atoms with E-state index in [0.29, 0.717) is 18.7 Å². The lowest BCUT2D eigenvalue weighted by atomic mass is 10.2. The van der Waals surface area contributed by atoms with Gasteiger partial charge in [0.1, 0.15) is 10.7 Å². The molecule has 0 saturated heterocycles. The second kappa shape index (κ2) is 6.66. The molecule has 0 fully saturated rings. The maximum atomic E-state index is 13.9. The van der Waals surface area contributed by atoms with Gasteiger partial charge in [0.05, 0.1) is 6.54 Å². The van der Waals surface area contributed by atoms with Crippen molar-refractivity contribution in [2.45, 2.75) is 18.7 Å². The molecule has 0 heterocycles. The smallest absolute Gasteiger partial charge is 0.245 e. The number of nitrogens with two attached hydrogens (primary N) is 1. The van der Waals surface area contributed by atoms with Crippen LogP contribution < -0.4 is 5.73 Å². The van der Waals surface area contributed by atoms with Crippen molar-refractivity contribution < 1.29 is 12.8 Å². The van der Waals surface area contributed by atoms with E-state index in [4.69, 9.17) is 5.73 Å². The van der Waals surface area contributed by atoms with E-state index < -0.39 is 15.8 Å². The van der Waals surface area contributed by atoms with Crippen LogP contribution in [-0.2, 0) is 10.0 Å². The molecule has 0 aliphatic carbocycles. The number of halogens is 1. The SMILES string of the molecule is CCN(CC)S(=O)(=O)c1ccc(C#CCN)cc1F. The van der Waals surface area contributed by atoms with Gasteiger partial charge in [-0.25, -0.2) is 12.8 Å². The van der Waals surface area contributed by atoms with E-state index in [2.05, 4.69) is 11.8 Å². The Morgan fingerprint density at radius 3 is 2.42 bits per heavy atom. The zero-order chi connectivity index (χ0) is 14.5. The molecule has 0 aromatic heterocycles. The van der Waals surface area contributed by atoms with Crippen LogP contribution in [0.1, 0.15) is 19.4 Å². The van der Waals surface area contributed by atoms with Crippen LogP contribution >= 0.6 is 0 Å². The van der Waals surface area contributed by atoms with Crippen molar-refractivity contribution in [3.05, 3.63) is 29.6 Å². The second-order valence-electron chi connectivity index (χ2n) is 3.74. The summed E-state index contributed by atoms with van der Waals surface area (Å²) in [6.45, 7) is 4.18. The number of nitrogens with zero attached hydrogens (tertiary/aromatic N) is 1. The Bertz CT molecular complexity index is 599. The van der Waals surface area contributed by atoms with Crippen LogP contribution in [0.25, 0.3) is 0 Å². The molecule has 0 spiro atoms. The molecule has 0 unspecified atom stereocenters. The fourth-order valence-electron chi connectivity index (χ4n) is 1.64. The maximum absolute atomic E-state index is 13.9. The van der Waals surface area contributed by atoms with Crippen LogP contribution in [0, 0.1) is 17.7 Å². The molecule has 1 aromatic rings. The highest BCUT2D eigenvalue weighted by Gasteiger charge is 2.24. The maximum Gasteiger partial charge on any atom is 0.245 e. The predicted octanol–water partition coefficient (Wildman–Crippen LogP) is 1.17. The monoisotopic (exact) mass is 284 g/mol. The number of sulfonamides is 1. The minimum absolute atomic E-state index is 0.168. The Morgan fingerprint density at radius 1 is 1.32 bits per heavy atom. The summed E-state index contributed by atoms with van der Waals surface area (Å²) in [4.78, 5) is -0.325. The van der Waals surface area contributed by atoms with Gasteiger partial charge in [0.25, 0.3) is 0 Å². The Morgan fingerprint density at radius 2 is 1.95 bits per heavy atom. The van der Waals surface area contributed by atoms with Crippen molar-refractivity contribution in [1.29, 1.82) is 0 Å². The van der Waals surface area contributed by atoms with Crippen LogP contribution in [0.3, 0.4) is 0 Å². The van der Waals surface area contributed by atoms with Crippen molar-refractivity contribution >= 4 is 10.0 Å². The van der Waals surface area contributed by atoms with Gasteiger partial charge in [-0.3, -0.25) is 0 Å². The highest BCUT2D eigenvalue weighted by atomic mass is 32.2. The molecule has 0 aliphatic heterocycles. The summed E-state index contributed by atoms with van der Waals surface area (Å²) in [6.07, 6.45) is 0.